The molecule has 2 N–H and O–H groups in total. The van der Waals surface area contributed by atoms with Crippen molar-refractivity contribution in [2.45, 2.75) is 44.7 Å². The van der Waals surface area contributed by atoms with Crippen LogP contribution in [-0.4, -0.2) is 17.1 Å². The summed E-state index contributed by atoms with van der Waals surface area (Å²) in [7, 11) is 0. The van der Waals surface area contributed by atoms with Gasteiger partial charge in [-0.3, -0.25) is 4.79 Å². The lowest BCUT2D eigenvalue weighted by atomic mass is 10.0. The van der Waals surface area contributed by atoms with Gasteiger partial charge in [-0.15, -0.1) is 11.3 Å². The first kappa shape index (κ1) is 12.6. The average Bonchev–Trinajstić information content (AvgIpc) is 2.89. The van der Waals surface area contributed by atoms with E-state index in [0.29, 0.717) is 12.0 Å². The third kappa shape index (κ3) is 3.30. The number of carboxylic acid groups (broad SMARTS) is 1. The Labute approximate surface area is 106 Å². The van der Waals surface area contributed by atoms with Crippen molar-refractivity contribution in [1.82, 2.24) is 5.32 Å². The van der Waals surface area contributed by atoms with E-state index < -0.39 is 5.97 Å². The van der Waals surface area contributed by atoms with Gasteiger partial charge in [0.25, 0.3) is 0 Å². The van der Waals surface area contributed by atoms with Crippen LogP contribution in [0.2, 0.25) is 0 Å². The van der Waals surface area contributed by atoms with Crippen LogP contribution in [0, 0.1) is 5.92 Å². The number of carbonyl (C=O) groups is 1. The van der Waals surface area contributed by atoms with Crippen LogP contribution in [-0.2, 0) is 4.79 Å². The number of carboxylic acids is 1. The van der Waals surface area contributed by atoms with Crippen molar-refractivity contribution < 1.29 is 9.90 Å². The molecule has 0 amide bonds. The Morgan fingerprint density at radius 2 is 2.47 bits per heavy atom. The lowest BCUT2D eigenvalue weighted by molar-refractivity contribution is -0.137. The first-order chi connectivity index (χ1) is 8.16. The smallest absolute Gasteiger partial charge is 0.305 e. The van der Waals surface area contributed by atoms with Gasteiger partial charge in [-0.2, -0.15) is 0 Å². The molecular formula is C13H19NO2S. The van der Waals surface area contributed by atoms with E-state index in [-0.39, 0.29) is 12.5 Å². The molecular weight excluding hydrogens is 234 g/mol. The molecule has 3 nitrogen and oxygen atoms in total. The molecule has 1 fully saturated rings. The van der Waals surface area contributed by atoms with Gasteiger partial charge in [0.1, 0.15) is 0 Å². The maximum atomic E-state index is 10.9. The van der Waals surface area contributed by atoms with Gasteiger partial charge in [-0.25, -0.2) is 0 Å². The first-order valence-electron chi connectivity index (χ1n) is 6.18. The lowest BCUT2D eigenvalue weighted by Gasteiger charge is -2.23. The highest BCUT2D eigenvalue weighted by Gasteiger charge is 2.27. The Morgan fingerprint density at radius 3 is 3.00 bits per heavy atom. The van der Waals surface area contributed by atoms with Crippen LogP contribution in [0.1, 0.15) is 43.5 Å². The van der Waals surface area contributed by atoms with Gasteiger partial charge in [-0.05, 0) is 30.2 Å². The molecule has 1 aliphatic rings. The highest BCUT2D eigenvalue weighted by molar-refractivity contribution is 7.10. The van der Waals surface area contributed by atoms with Crippen molar-refractivity contribution in [3.8, 4) is 0 Å². The fourth-order valence-electron chi connectivity index (χ4n) is 2.56. The summed E-state index contributed by atoms with van der Waals surface area (Å²) in [5, 5.41) is 14.5. The molecule has 4 heteroatoms. The van der Waals surface area contributed by atoms with Gasteiger partial charge in [0.05, 0.1) is 12.5 Å². The molecule has 1 aromatic heterocycles. The zero-order valence-electron chi connectivity index (χ0n) is 10.1. The Balaban J connectivity index is 2.03. The van der Waals surface area contributed by atoms with Gasteiger partial charge < -0.3 is 10.4 Å². The summed E-state index contributed by atoms with van der Waals surface area (Å²) in [5.74, 6) is -0.0761. The minimum atomic E-state index is -0.735. The molecule has 1 aliphatic carbocycles. The molecule has 2 rings (SSSR count). The number of hydrogen-bond acceptors (Lipinski definition) is 3. The van der Waals surface area contributed by atoms with Gasteiger partial charge >= 0.3 is 5.97 Å². The summed E-state index contributed by atoms with van der Waals surface area (Å²) in [5.41, 5.74) is 0. The molecule has 1 aromatic rings. The quantitative estimate of drug-likeness (QED) is 0.848. The number of rotatable bonds is 5. The maximum absolute atomic E-state index is 10.9. The monoisotopic (exact) mass is 253 g/mol. The van der Waals surface area contributed by atoms with Gasteiger partial charge in [0.15, 0.2) is 0 Å². The summed E-state index contributed by atoms with van der Waals surface area (Å²) in [6.07, 6.45) is 3.84. The lowest BCUT2D eigenvalue weighted by Crippen LogP contribution is -2.35. The Morgan fingerprint density at radius 1 is 1.65 bits per heavy atom. The summed E-state index contributed by atoms with van der Waals surface area (Å²) in [6, 6.07) is 4.44. The highest BCUT2D eigenvalue weighted by Crippen LogP contribution is 2.29. The van der Waals surface area contributed by atoms with E-state index in [1.54, 1.807) is 11.3 Å². The van der Waals surface area contributed by atoms with Gasteiger partial charge in [0, 0.05) is 10.9 Å². The van der Waals surface area contributed by atoms with Crippen molar-refractivity contribution in [3.63, 3.8) is 0 Å². The van der Waals surface area contributed by atoms with Crippen LogP contribution in [0.4, 0.5) is 0 Å². The van der Waals surface area contributed by atoms with Crippen LogP contribution >= 0.6 is 11.3 Å². The third-order valence-corrected chi connectivity index (χ3v) is 4.53. The molecule has 17 heavy (non-hydrogen) atoms. The molecule has 3 atom stereocenters. The standard InChI is InChI=1S/C13H19NO2S/c1-9-4-2-5-10(9)14-11(8-13(15)16)12-6-3-7-17-12/h3,6-7,9-11,14H,2,4-5,8H2,1H3,(H,15,16). The number of thiophene rings is 1. The Bertz CT molecular complexity index is 364. The van der Waals surface area contributed by atoms with Gasteiger partial charge in [-0.1, -0.05) is 19.4 Å². The van der Waals surface area contributed by atoms with Crippen molar-refractivity contribution in [1.29, 1.82) is 0 Å². The number of nitrogens with one attached hydrogen (secondary N) is 1. The Hall–Kier alpha value is -0.870. The Kier molecular flexibility index (Phi) is 4.18. The van der Waals surface area contributed by atoms with Crippen LogP contribution in [0.15, 0.2) is 17.5 Å². The van der Waals surface area contributed by atoms with Crippen molar-refractivity contribution in [2.24, 2.45) is 5.92 Å². The molecule has 0 aliphatic heterocycles. The number of hydrogen-bond donors (Lipinski definition) is 2. The van der Waals surface area contributed by atoms with E-state index >= 15 is 0 Å². The van der Waals surface area contributed by atoms with Crippen molar-refractivity contribution in [3.05, 3.63) is 22.4 Å². The van der Waals surface area contributed by atoms with Crippen molar-refractivity contribution >= 4 is 17.3 Å². The normalized spacial score (nSPS) is 25.9. The molecule has 0 aromatic carbocycles. The second-order valence-electron chi connectivity index (χ2n) is 4.85. The molecule has 0 radical (unpaired) electrons. The molecule has 1 saturated carbocycles. The van der Waals surface area contributed by atoms with Crippen LogP contribution in [0.25, 0.3) is 0 Å². The van der Waals surface area contributed by atoms with E-state index in [0.717, 1.165) is 4.88 Å². The van der Waals surface area contributed by atoms with E-state index in [2.05, 4.69) is 12.2 Å². The predicted octanol–water partition coefficient (Wildman–Crippen LogP) is 3.04. The average molecular weight is 253 g/mol. The minimum absolute atomic E-state index is 0.0296. The first-order valence-corrected chi connectivity index (χ1v) is 7.06. The summed E-state index contributed by atoms with van der Waals surface area (Å²) in [4.78, 5) is 12.1. The fraction of sp³-hybridized carbons (Fsp3) is 0.615. The molecule has 0 bridgehead atoms. The highest BCUT2D eigenvalue weighted by atomic mass is 32.1. The largest absolute Gasteiger partial charge is 0.481 e. The van der Waals surface area contributed by atoms with E-state index in [9.17, 15) is 4.79 Å². The van der Waals surface area contributed by atoms with Crippen LogP contribution in [0.3, 0.4) is 0 Å². The minimum Gasteiger partial charge on any atom is -0.481 e. The fourth-order valence-corrected chi connectivity index (χ4v) is 3.34. The zero-order valence-corrected chi connectivity index (χ0v) is 10.9. The SMILES string of the molecule is CC1CCCC1NC(CC(=O)O)c1cccs1. The zero-order chi connectivity index (χ0) is 12.3. The van der Waals surface area contributed by atoms with Crippen LogP contribution < -0.4 is 5.32 Å². The predicted molar refractivity (Wildman–Crippen MR) is 69.3 cm³/mol. The molecule has 1 heterocycles. The van der Waals surface area contributed by atoms with Crippen molar-refractivity contribution in [2.75, 3.05) is 0 Å². The topological polar surface area (TPSA) is 49.3 Å². The van der Waals surface area contributed by atoms with Gasteiger partial charge in [0.2, 0.25) is 0 Å². The summed E-state index contributed by atoms with van der Waals surface area (Å²) in [6.45, 7) is 2.25. The molecule has 94 valence electrons. The molecule has 3 unspecified atom stereocenters. The molecule has 0 saturated heterocycles. The maximum Gasteiger partial charge on any atom is 0.305 e. The van der Waals surface area contributed by atoms with E-state index in [4.69, 9.17) is 5.11 Å². The molecule has 0 spiro atoms. The van der Waals surface area contributed by atoms with Crippen LogP contribution in [0.5, 0.6) is 0 Å². The third-order valence-electron chi connectivity index (χ3n) is 3.54. The van der Waals surface area contributed by atoms with E-state index in [1.165, 1.54) is 19.3 Å². The summed E-state index contributed by atoms with van der Waals surface area (Å²) < 4.78 is 0. The number of aliphatic carboxylic acids is 1. The second kappa shape index (κ2) is 5.65. The second-order valence-corrected chi connectivity index (χ2v) is 5.83. The van der Waals surface area contributed by atoms with E-state index in [1.807, 2.05) is 17.5 Å². The summed E-state index contributed by atoms with van der Waals surface area (Å²) >= 11 is 1.63.